The molecule has 3 heteroatoms. The minimum absolute atomic E-state index is 0.0148. The number of carbonyl (C=O) groups is 2. The predicted molar refractivity (Wildman–Crippen MR) is 95.4 cm³/mol. The van der Waals surface area contributed by atoms with Crippen LogP contribution < -0.4 is 0 Å². The van der Waals surface area contributed by atoms with Crippen molar-refractivity contribution in [3.63, 3.8) is 0 Å². The molecule has 0 amide bonds. The molecule has 0 saturated heterocycles. The molecule has 1 aliphatic carbocycles. The summed E-state index contributed by atoms with van der Waals surface area (Å²) < 4.78 is 6.01. The molecule has 2 aromatic rings. The van der Waals surface area contributed by atoms with Crippen molar-refractivity contribution in [1.29, 1.82) is 0 Å². The molecule has 1 heterocycles. The van der Waals surface area contributed by atoms with Crippen molar-refractivity contribution in [2.24, 2.45) is 10.8 Å². The quantitative estimate of drug-likeness (QED) is 0.731. The molecule has 0 fully saturated rings. The molecule has 0 spiro atoms. The third-order valence-corrected chi connectivity index (χ3v) is 6.23. The zero-order valence-electron chi connectivity index (χ0n) is 15.3. The van der Waals surface area contributed by atoms with Crippen LogP contribution in [0.1, 0.15) is 69.1 Å². The average Bonchev–Trinajstić information content (AvgIpc) is 2.91. The fourth-order valence-electron chi connectivity index (χ4n) is 3.49. The molecule has 3 rings (SSSR count). The molecule has 1 aliphatic rings. The zero-order chi connectivity index (χ0) is 17.7. The van der Waals surface area contributed by atoms with Crippen molar-refractivity contribution in [2.45, 2.75) is 60.3 Å². The second-order valence-electron chi connectivity index (χ2n) is 8.06. The van der Waals surface area contributed by atoms with E-state index in [-0.39, 0.29) is 11.6 Å². The Morgan fingerprint density at radius 3 is 2.33 bits per heavy atom. The zero-order valence-corrected chi connectivity index (χ0v) is 15.3. The van der Waals surface area contributed by atoms with Gasteiger partial charge in [0, 0.05) is 33.8 Å². The second kappa shape index (κ2) is 5.58. The van der Waals surface area contributed by atoms with Crippen LogP contribution >= 0.6 is 0 Å². The van der Waals surface area contributed by atoms with Crippen molar-refractivity contribution in [3.05, 3.63) is 35.1 Å². The molecule has 0 bridgehead atoms. The monoisotopic (exact) mass is 326 g/mol. The lowest BCUT2D eigenvalue weighted by molar-refractivity contribution is -0.129. The van der Waals surface area contributed by atoms with E-state index in [1.807, 2.05) is 45.9 Å². The van der Waals surface area contributed by atoms with Crippen molar-refractivity contribution in [2.75, 3.05) is 0 Å². The average molecular weight is 326 g/mol. The first-order valence-electron chi connectivity index (χ1n) is 8.76. The third kappa shape index (κ3) is 2.42. The van der Waals surface area contributed by atoms with Crippen molar-refractivity contribution in [1.82, 2.24) is 0 Å². The Kier molecular flexibility index (Phi) is 3.94. The predicted octanol–water partition coefficient (Wildman–Crippen LogP) is 5.14. The van der Waals surface area contributed by atoms with E-state index >= 15 is 0 Å². The topological polar surface area (TPSA) is 47.3 Å². The lowest BCUT2D eigenvalue weighted by Crippen LogP contribution is -2.44. The minimum atomic E-state index is -0.779. The number of Topliss-reactive ketones (excluding diaryl/α,β-unsaturated/α-hetero) is 2. The first-order chi connectivity index (χ1) is 11.2. The summed E-state index contributed by atoms with van der Waals surface area (Å²) in [7, 11) is 0. The molecule has 0 N–H and O–H groups in total. The molecule has 24 heavy (non-hydrogen) atoms. The highest BCUT2D eigenvalue weighted by Crippen LogP contribution is 2.42. The van der Waals surface area contributed by atoms with Crippen LogP contribution in [0.4, 0.5) is 0 Å². The van der Waals surface area contributed by atoms with Crippen molar-refractivity contribution >= 4 is 22.5 Å². The molecule has 1 aromatic heterocycles. The van der Waals surface area contributed by atoms with E-state index in [2.05, 4.69) is 0 Å². The van der Waals surface area contributed by atoms with Crippen LogP contribution in [0, 0.1) is 10.8 Å². The number of benzene rings is 1. The fraction of sp³-hybridized carbons (Fsp3) is 0.524. The van der Waals surface area contributed by atoms with Gasteiger partial charge in [0.1, 0.15) is 17.1 Å². The molecule has 0 aliphatic heterocycles. The summed E-state index contributed by atoms with van der Waals surface area (Å²) >= 11 is 0. The van der Waals surface area contributed by atoms with E-state index in [1.54, 1.807) is 6.92 Å². The number of rotatable bonds is 4. The van der Waals surface area contributed by atoms with E-state index in [4.69, 9.17) is 4.42 Å². The van der Waals surface area contributed by atoms with Crippen LogP contribution in [0.25, 0.3) is 11.0 Å². The molecule has 0 unspecified atom stereocenters. The maximum atomic E-state index is 13.1. The van der Waals surface area contributed by atoms with Gasteiger partial charge in [0.2, 0.25) is 0 Å². The van der Waals surface area contributed by atoms with Gasteiger partial charge in [-0.3, -0.25) is 9.59 Å². The van der Waals surface area contributed by atoms with Crippen LogP contribution in [-0.4, -0.2) is 11.6 Å². The highest BCUT2D eigenvalue weighted by molar-refractivity contribution is 6.05. The Hall–Kier alpha value is -1.90. The molecule has 3 nitrogen and oxygen atoms in total. The number of hydrogen-bond donors (Lipinski definition) is 0. The maximum Gasteiger partial charge on any atom is 0.169 e. The van der Waals surface area contributed by atoms with Gasteiger partial charge in [0.15, 0.2) is 5.78 Å². The smallest absolute Gasteiger partial charge is 0.169 e. The number of carbonyl (C=O) groups excluding carboxylic acids is 2. The summed E-state index contributed by atoms with van der Waals surface area (Å²) in [5.41, 5.74) is 1.22. The Bertz CT molecular complexity index is 821. The molecule has 0 saturated carbocycles. The normalized spacial score (nSPS) is 15.4. The van der Waals surface area contributed by atoms with Gasteiger partial charge in [-0.15, -0.1) is 0 Å². The lowest BCUT2D eigenvalue weighted by Gasteiger charge is -2.38. The van der Waals surface area contributed by atoms with Gasteiger partial charge in [-0.25, -0.2) is 0 Å². The molecular formula is C21H26O3. The summed E-state index contributed by atoms with van der Waals surface area (Å²) in [6, 6.07) is 5.74. The largest absolute Gasteiger partial charge is 0.461 e. The van der Waals surface area contributed by atoms with Crippen molar-refractivity contribution < 1.29 is 14.0 Å². The van der Waals surface area contributed by atoms with E-state index in [0.29, 0.717) is 5.56 Å². The number of furan rings is 1. The number of hydrogen-bond acceptors (Lipinski definition) is 3. The SMILES string of the molecule is CC(=O)C(C)(C)C(C)(C)C(=O)c1ccc2c3c(oc2c1)CCCC3. The second-order valence-corrected chi connectivity index (χ2v) is 8.06. The Labute approximate surface area is 143 Å². The van der Waals surface area contributed by atoms with E-state index in [0.717, 1.165) is 29.6 Å². The summed E-state index contributed by atoms with van der Waals surface area (Å²) in [5, 5.41) is 1.13. The first-order valence-corrected chi connectivity index (χ1v) is 8.76. The van der Waals surface area contributed by atoms with Crippen LogP contribution in [0.5, 0.6) is 0 Å². The van der Waals surface area contributed by atoms with Gasteiger partial charge < -0.3 is 4.42 Å². The van der Waals surface area contributed by atoms with Gasteiger partial charge in [0.25, 0.3) is 0 Å². The van der Waals surface area contributed by atoms with Gasteiger partial charge in [-0.2, -0.15) is 0 Å². The van der Waals surface area contributed by atoms with Gasteiger partial charge in [0.05, 0.1) is 0 Å². The molecular weight excluding hydrogens is 300 g/mol. The Morgan fingerprint density at radius 2 is 1.67 bits per heavy atom. The Balaban J connectivity index is 2.03. The van der Waals surface area contributed by atoms with Gasteiger partial charge >= 0.3 is 0 Å². The van der Waals surface area contributed by atoms with Gasteiger partial charge in [-0.05, 0) is 32.3 Å². The van der Waals surface area contributed by atoms with Crippen LogP contribution in [0.15, 0.2) is 22.6 Å². The lowest BCUT2D eigenvalue weighted by atomic mass is 9.62. The fourth-order valence-corrected chi connectivity index (χ4v) is 3.49. The highest BCUT2D eigenvalue weighted by atomic mass is 16.3. The summed E-state index contributed by atoms with van der Waals surface area (Å²) in [6.45, 7) is 8.95. The highest BCUT2D eigenvalue weighted by Gasteiger charge is 2.46. The maximum absolute atomic E-state index is 13.1. The van der Waals surface area contributed by atoms with Crippen LogP contribution in [0.2, 0.25) is 0 Å². The number of ketones is 2. The minimum Gasteiger partial charge on any atom is -0.461 e. The van der Waals surface area contributed by atoms with E-state index in [1.165, 1.54) is 18.4 Å². The van der Waals surface area contributed by atoms with Crippen molar-refractivity contribution in [3.8, 4) is 0 Å². The number of fused-ring (bicyclic) bond motifs is 3. The number of aryl methyl sites for hydroxylation is 2. The van der Waals surface area contributed by atoms with E-state index in [9.17, 15) is 9.59 Å². The van der Waals surface area contributed by atoms with E-state index < -0.39 is 10.8 Å². The Morgan fingerprint density at radius 1 is 1.00 bits per heavy atom. The summed E-state index contributed by atoms with van der Waals surface area (Å²) in [6.07, 6.45) is 4.40. The standard InChI is InChI=1S/C21H26O3/c1-13(22)20(2,3)21(4,5)19(23)14-10-11-16-15-8-6-7-9-17(15)24-18(16)12-14/h10-12H,6-9H2,1-5H3. The molecule has 128 valence electrons. The van der Waals surface area contributed by atoms with Crippen LogP contribution in [-0.2, 0) is 17.6 Å². The third-order valence-electron chi connectivity index (χ3n) is 6.23. The molecule has 0 atom stereocenters. The summed E-state index contributed by atoms with van der Waals surface area (Å²) in [5.74, 6) is 1.08. The molecule has 1 aromatic carbocycles. The first kappa shape index (κ1) is 16.9. The molecule has 0 radical (unpaired) electrons. The van der Waals surface area contributed by atoms with Gasteiger partial charge in [-0.1, -0.05) is 39.8 Å². The van der Waals surface area contributed by atoms with Crippen LogP contribution in [0.3, 0.4) is 0 Å². The summed E-state index contributed by atoms with van der Waals surface area (Å²) in [4.78, 5) is 25.1.